The fourth-order valence-electron chi connectivity index (χ4n) is 11.1. The Morgan fingerprint density at radius 3 is 2.02 bits per heavy atom. The summed E-state index contributed by atoms with van der Waals surface area (Å²) >= 11 is 0. The van der Waals surface area contributed by atoms with E-state index in [9.17, 15) is 14.4 Å². The molecule has 9 atom stereocenters. The lowest BCUT2D eigenvalue weighted by molar-refractivity contribution is -0.158. The molecule has 4 aliphatic carbocycles. The van der Waals surface area contributed by atoms with E-state index in [0.717, 1.165) is 64.2 Å². The van der Waals surface area contributed by atoms with Gasteiger partial charge in [0.2, 0.25) is 5.91 Å². The summed E-state index contributed by atoms with van der Waals surface area (Å²) in [5, 5.41) is 8.46. The Morgan fingerprint density at radius 1 is 0.864 bits per heavy atom. The molecular weight excluding hydrogens is 548 g/mol. The quantitative estimate of drug-likeness (QED) is 0.325. The van der Waals surface area contributed by atoms with Gasteiger partial charge in [0.1, 0.15) is 5.78 Å². The van der Waals surface area contributed by atoms with Crippen LogP contribution in [0.5, 0.6) is 0 Å². The van der Waals surface area contributed by atoms with E-state index in [-0.39, 0.29) is 0 Å². The van der Waals surface area contributed by atoms with Gasteiger partial charge in [0.05, 0.1) is 0 Å². The van der Waals surface area contributed by atoms with Gasteiger partial charge < -0.3 is 14.9 Å². The van der Waals surface area contributed by atoms with Crippen LogP contribution in [0.1, 0.15) is 130 Å². The number of ketones is 1. The first-order chi connectivity index (χ1) is 21.0. The molecule has 1 N–H and O–H groups in total. The standard InChI is InChI=1S/C30H49NO2.C6H11NO2.C2H2/c1-20-12-14-29(3)22(18-20)19-26(32)28-24-10-9-23(30(24,4)15-13-25(28)29)21(2)8-11-27(33)31-16-6-5-7-17-31;8-6(9)7-4-2-1-3-5-7;1-2/h20-25,28H,5-19H2,1-4H3;1-5H2,(H,8,9);1-2H/t20-,21+,22?,23?,24?,25?,28?,29+,30-;;/m1../s1. The van der Waals surface area contributed by atoms with Gasteiger partial charge in [-0.15, -0.1) is 12.8 Å². The van der Waals surface area contributed by atoms with Gasteiger partial charge in [-0.05, 0) is 130 Å². The van der Waals surface area contributed by atoms with Gasteiger partial charge in [0.25, 0.3) is 0 Å². The second-order valence-electron chi connectivity index (χ2n) is 16.0. The summed E-state index contributed by atoms with van der Waals surface area (Å²) in [6, 6.07) is 0. The van der Waals surface area contributed by atoms with Crippen LogP contribution < -0.4 is 0 Å². The number of hydrogen-bond donors (Lipinski definition) is 1. The Hall–Kier alpha value is -2.03. The lowest BCUT2D eigenvalue weighted by Crippen LogP contribution is -2.57. The van der Waals surface area contributed by atoms with Crippen molar-refractivity contribution in [3.8, 4) is 12.8 Å². The number of Topliss-reactive ketones (excluding diaryl/α,β-unsaturated/α-hetero) is 1. The molecule has 2 aliphatic heterocycles. The van der Waals surface area contributed by atoms with E-state index in [2.05, 4.69) is 45.4 Å². The maximum Gasteiger partial charge on any atom is 0.407 e. The fraction of sp³-hybridized carbons (Fsp3) is 0.868. The minimum Gasteiger partial charge on any atom is -0.465 e. The van der Waals surface area contributed by atoms with Crippen molar-refractivity contribution < 1.29 is 19.5 Å². The molecule has 2 heterocycles. The molecule has 0 aromatic rings. The molecule has 248 valence electrons. The third-order valence-electron chi connectivity index (χ3n) is 13.6. The molecule has 0 radical (unpaired) electrons. The minimum atomic E-state index is -0.769. The first-order valence-corrected chi connectivity index (χ1v) is 18.2. The van der Waals surface area contributed by atoms with Gasteiger partial charge in [-0.25, -0.2) is 4.79 Å². The molecule has 0 spiro atoms. The SMILES string of the molecule is C#C.C[C@@H]1CC[C@@]2(C)C(CC(=O)C3C2CC[C@@]2(C)C3CCC2[C@@H](C)CCC(=O)N2CCCCC2)C1.O=C(O)N1CCCCC1. The first kappa shape index (κ1) is 34.8. The van der Waals surface area contributed by atoms with Crippen molar-refractivity contribution in [2.24, 2.45) is 52.3 Å². The zero-order chi connectivity index (χ0) is 32.1. The van der Waals surface area contributed by atoms with Crippen LogP contribution in [0.3, 0.4) is 0 Å². The van der Waals surface area contributed by atoms with E-state index in [4.69, 9.17) is 5.11 Å². The molecule has 6 rings (SSSR count). The number of hydrogen-bond acceptors (Lipinski definition) is 3. The third-order valence-corrected chi connectivity index (χ3v) is 13.6. The van der Waals surface area contributed by atoms with E-state index in [1.807, 2.05) is 0 Å². The molecule has 5 unspecified atom stereocenters. The Balaban J connectivity index is 0.000000343. The van der Waals surface area contributed by atoms with Crippen LogP contribution in [-0.2, 0) is 9.59 Å². The van der Waals surface area contributed by atoms with E-state index >= 15 is 0 Å². The first-order valence-electron chi connectivity index (χ1n) is 18.2. The van der Waals surface area contributed by atoms with Crippen molar-refractivity contribution >= 4 is 17.8 Å². The summed E-state index contributed by atoms with van der Waals surface area (Å²) < 4.78 is 0. The Bertz CT molecular complexity index is 1010. The average molecular weight is 611 g/mol. The smallest absolute Gasteiger partial charge is 0.407 e. The van der Waals surface area contributed by atoms with Gasteiger partial charge >= 0.3 is 6.09 Å². The molecule has 6 aliphatic rings. The van der Waals surface area contributed by atoms with E-state index in [1.165, 1.54) is 75.5 Å². The van der Waals surface area contributed by atoms with Crippen LogP contribution >= 0.6 is 0 Å². The van der Waals surface area contributed by atoms with E-state index in [1.54, 1.807) is 0 Å². The molecule has 2 amide bonds. The molecular formula is C38H62N2O4. The second kappa shape index (κ2) is 15.0. The summed E-state index contributed by atoms with van der Waals surface area (Å²) in [6.07, 6.45) is 25.8. The Labute approximate surface area is 268 Å². The Kier molecular flexibility index (Phi) is 11.9. The van der Waals surface area contributed by atoms with Gasteiger partial charge in [0.15, 0.2) is 0 Å². The molecule has 0 bridgehead atoms. The van der Waals surface area contributed by atoms with Crippen molar-refractivity contribution in [1.29, 1.82) is 0 Å². The summed E-state index contributed by atoms with van der Waals surface area (Å²) in [4.78, 5) is 40.3. The van der Waals surface area contributed by atoms with Crippen LogP contribution in [0.25, 0.3) is 0 Å². The molecule has 0 aromatic heterocycles. The highest BCUT2D eigenvalue weighted by Crippen LogP contribution is 2.68. The number of carbonyl (C=O) groups is 3. The number of terminal acetylenes is 1. The molecule has 6 heteroatoms. The van der Waals surface area contributed by atoms with Gasteiger partial charge in [-0.1, -0.05) is 34.1 Å². The fourth-order valence-corrected chi connectivity index (χ4v) is 11.1. The highest BCUT2D eigenvalue weighted by molar-refractivity contribution is 5.83. The van der Waals surface area contributed by atoms with E-state index in [0.29, 0.717) is 58.0 Å². The number of nitrogens with zero attached hydrogens (tertiary/aromatic N) is 2. The van der Waals surface area contributed by atoms with Crippen molar-refractivity contribution in [3.63, 3.8) is 0 Å². The summed E-state index contributed by atoms with van der Waals surface area (Å²) in [7, 11) is 0. The predicted molar refractivity (Wildman–Crippen MR) is 177 cm³/mol. The van der Waals surface area contributed by atoms with Crippen LogP contribution in [0.4, 0.5) is 4.79 Å². The van der Waals surface area contributed by atoms with Crippen LogP contribution in [0, 0.1) is 65.1 Å². The second-order valence-corrected chi connectivity index (χ2v) is 16.0. The number of fused-ring (bicyclic) bond motifs is 5. The normalized spacial score (nSPS) is 38.8. The number of carbonyl (C=O) groups excluding carboxylic acids is 2. The predicted octanol–water partition coefficient (Wildman–Crippen LogP) is 8.29. The summed E-state index contributed by atoms with van der Waals surface area (Å²) in [6.45, 7) is 13.3. The van der Waals surface area contributed by atoms with Crippen molar-refractivity contribution in [2.75, 3.05) is 26.2 Å². The number of piperidine rings is 2. The average Bonchev–Trinajstić information content (AvgIpc) is 3.40. The highest BCUT2D eigenvalue weighted by atomic mass is 16.4. The zero-order valence-electron chi connectivity index (χ0n) is 28.4. The van der Waals surface area contributed by atoms with Crippen molar-refractivity contribution in [1.82, 2.24) is 9.80 Å². The van der Waals surface area contributed by atoms with Crippen LogP contribution in [-0.4, -0.2) is 58.9 Å². The summed E-state index contributed by atoms with van der Waals surface area (Å²) in [5.74, 6) is 5.26. The highest BCUT2D eigenvalue weighted by Gasteiger charge is 2.62. The summed E-state index contributed by atoms with van der Waals surface area (Å²) in [5.41, 5.74) is 0.701. The maximum atomic E-state index is 13.6. The number of likely N-dealkylation sites (tertiary alicyclic amines) is 2. The van der Waals surface area contributed by atoms with Crippen molar-refractivity contribution in [3.05, 3.63) is 0 Å². The Morgan fingerprint density at radius 2 is 1.43 bits per heavy atom. The maximum absolute atomic E-state index is 13.6. The van der Waals surface area contributed by atoms with Crippen LogP contribution in [0.15, 0.2) is 0 Å². The van der Waals surface area contributed by atoms with Gasteiger partial charge in [0, 0.05) is 44.9 Å². The lowest BCUT2D eigenvalue weighted by atomic mass is 9.43. The third kappa shape index (κ3) is 7.18. The molecule has 44 heavy (non-hydrogen) atoms. The number of carboxylic acid groups (broad SMARTS) is 1. The number of rotatable bonds is 4. The molecule has 0 aromatic carbocycles. The minimum absolute atomic E-state index is 0.301. The monoisotopic (exact) mass is 610 g/mol. The van der Waals surface area contributed by atoms with Gasteiger partial charge in [-0.3, -0.25) is 9.59 Å². The molecule has 6 nitrogen and oxygen atoms in total. The number of amides is 2. The topological polar surface area (TPSA) is 77.9 Å². The molecule has 2 saturated heterocycles. The van der Waals surface area contributed by atoms with Crippen LogP contribution in [0.2, 0.25) is 0 Å². The molecule has 6 fully saturated rings. The van der Waals surface area contributed by atoms with Gasteiger partial charge in [-0.2, -0.15) is 0 Å². The zero-order valence-corrected chi connectivity index (χ0v) is 28.4. The van der Waals surface area contributed by atoms with E-state index < -0.39 is 6.09 Å². The largest absolute Gasteiger partial charge is 0.465 e. The lowest BCUT2D eigenvalue weighted by Gasteiger charge is -2.60. The molecule has 4 saturated carbocycles. The van der Waals surface area contributed by atoms with Crippen molar-refractivity contribution in [2.45, 2.75) is 130 Å².